The fourth-order valence-corrected chi connectivity index (χ4v) is 2.83. The fraction of sp³-hybridized carbons (Fsp3) is 0.278. The van der Waals surface area contributed by atoms with E-state index < -0.39 is 6.10 Å². The molecule has 3 rings (SSSR count). The molecule has 0 spiro atoms. The van der Waals surface area contributed by atoms with Gasteiger partial charge >= 0.3 is 0 Å². The first-order valence-corrected chi connectivity index (χ1v) is 7.41. The molecule has 0 saturated heterocycles. The molecular formula is C18H20N2O2. The Morgan fingerprint density at radius 1 is 1.05 bits per heavy atom. The van der Waals surface area contributed by atoms with Gasteiger partial charge < -0.3 is 14.4 Å². The van der Waals surface area contributed by atoms with Gasteiger partial charge in [-0.15, -0.1) is 0 Å². The van der Waals surface area contributed by atoms with E-state index in [2.05, 4.69) is 23.4 Å². The lowest BCUT2D eigenvalue weighted by molar-refractivity contribution is 0.198. The largest absolute Gasteiger partial charge is 0.496 e. The number of hydrogen-bond acceptors (Lipinski definition) is 3. The third kappa shape index (κ3) is 2.35. The lowest BCUT2D eigenvalue weighted by Crippen LogP contribution is -2.12. The Labute approximate surface area is 130 Å². The molecule has 3 aromatic rings. The quantitative estimate of drug-likeness (QED) is 0.798. The minimum Gasteiger partial charge on any atom is -0.496 e. The molecule has 0 amide bonds. The molecule has 4 nitrogen and oxygen atoms in total. The van der Waals surface area contributed by atoms with Crippen LogP contribution in [0.2, 0.25) is 0 Å². The van der Waals surface area contributed by atoms with Gasteiger partial charge in [0.2, 0.25) is 0 Å². The lowest BCUT2D eigenvalue weighted by Gasteiger charge is -2.18. The van der Waals surface area contributed by atoms with Crippen molar-refractivity contribution >= 4 is 11.0 Å². The monoisotopic (exact) mass is 296 g/mol. The van der Waals surface area contributed by atoms with Gasteiger partial charge in [-0.1, -0.05) is 30.3 Å². The summed E-state index contributed by atoms with van der Waals surface area (Å²) in [4.78, 5) is 4.64. The maximum atomic E-state index is 10.9. The van der Waals surface area contributed by atoms with Crippen LogP contribution in [0.3, 0.4) is 0 Å². The Morgan fingerprint density at radius 3 is 2.45 bits per heavy atom. The molecule has 1 aromatic heterocycles. The number of rotatable bonds is 4. The first-order chi connectivity index (χ1) is 10.6. The number of hydrogen-bond donors (Lipinski definition) is 1. The predicted octanol–water partition coefficient (Wildman–Crippen LogP) is 3.71. The summed E-state index contributed by atoms with van der Waals surface area (Å²) in [7, 11) is 1.61. The number of aliphatic hydroxyl groups is 1. The Balaban J connectivity index is 2.19. The molecule has 2 aromatic carbocycles. The number of ether oxygens (including phenoxy) is 1. The number of methoxy groups -OCH3 is 1. The molecule has 4 heteroatoms. The van der Waals surface area contributed by atoms with Crippen molar-refractivity contribution in [2.45, 2.75) is 26.0 Å². The molecule has 1 N–H and O–H groups in total. The van der Waals surface area contributed by atoms with Crippen LogP contribution in [0.5, 0.6) is 5.75 Å². The molecule has 1 heterocycles. The zero-order chi connectivity index (χ0) is 15.7. The number of fused-ring (bicyclic) bond motifs is 1. The summed E-state index contributed by atoms with van der Waals surface area (Å²) in [5, 5.41) is 10.9. The van der Waals surface area contributed by atoms with Crippen LogP contribution in [0, 0.1) is 0 Å². The molecule has 114 valence electrons. The first-order valence-electron chi connectivity index (χ1n) is 7.41. The molecule has 0 radical (unpaired) electrons. The fourth-order valence-electron chi connectivity index (χ4n) is 2.83. The van der Waals surface area contributed by atoms with Gasteiger partial charge in [0.05, 0.1) is 18.1 Å². The third-order valence-corrected chi connectivity index (χ3v) is 3.82. The van der Waals surface area contributed by atoms with Crippen molar-refractivity contribution < 1.29 is 9.84 Å². The van der Waals surface area contributed by atoms with E-state index in [4.69, 9.17) is 4.74 Å². The van der Waals surface area contributed by atoms with Crippen LogP contribution >= 0.6 is 0 Å². The second-order valence-electron chi connectivity index (χ2n) is 5.57. The third-order valence-electron chi connectivity index (χ3n) is 3.82. The van der Waals surface area contributed by atoms with Gasteiger partial charge in [0.25, 0.3) is 0 Å². The van der Waals surface area contributed by atoms with E-state index in [1.165, 1.54) is 0 Å². The molecule has 0 fully saturated rings. The topological polar surface area (TPSA) is 47.3 Å². The number of para-hydroxylation sites is 3. The molecular weight excluding hydrogens is 276 g/mol. The Hall–Kier alpha value is -2.33. The minimum atomic E-state index is -0.828. The van der Waals surface area contributed by atoms with E-state index in [1.807, 2.05) is 48.5 Å². The Bertz CT molecular complexity index is 793. The maximum Gasteiger partial charge on any atom is 0.143 e. The summed E-state index contributed by atoms with van der Waals surface area (Å²) in [5.74, 6) is 1.30. The molecule has 0 aliphatic carbocycles. The normalized spacial score (nSPS) is 12.8. The second kappa shape index (κ2) is 5.81. The highest BCUT2D eigenvalue weighted by atomic mass is 16.5. The van der Waals surface area contributed by atoms with Crippen LogP contribution in [0.1, 0.15) is 37.4 Å². The van der Waals surface area contributed by atoms with Crippen molar-refractivity contribution in [3.05, 3.63) is 59.9 Å². The summed E-state index contributed by atoms with van der Waals surface area (Å²) in [6.45, 7) is 4.18. The van der Waals surface area contributed by atoms with Gasteiger partial charge in [0.15, 0.2) is 0 Å². The van der Waals surface area contributed by atoms with E-state index in [-0.39, 0.29) is 6.04 Å². The molecule has 0 aliphatic heterocycles. The van der Waals surface area contributed by atoms with Crippen LogP contribution in [-0.4, -0.2) is 21.8 Å². The van der Waals surface area contributed by atoms with Crippen LogP contribution in [0.25, 0.3) is 11.0 Å². The summed E-state index contributed by atoms with van der Waals surface area (Å²) in [5.41, 5.74) is 2.64. The minimum absolute atomic E-state index is 0.201. The van der Waals surface area contributed by atoms with E-state index in [9.17, 15) is 5.11 Å². The van der Waals surface area contributed by atoms with Crippen molar-refractivity contribution in [1.29, 1.82) is 0 Å². The molecule has 0 aliphatic rings. The lowest BCUT2D eigenvalue weighted by atomic mass is 10.1. The van der Waals surface area contributed by atoms with E-state index >= 15 is 0 Å². The highest BCUT2D eigenvalue weighted by Crippen LogP contribution is 2.32. The second-order valence-corrected chi connectivity index (χ2v) is 5.57. The van der Waals surface area contributed by atoms with Crippen LogP contribution < -0.4 is 4.74 Å². The summed E-state index contributed by atoms with van der Waals surface area (Å²) >= 11 is 0. The van der Waals surface area contributed by atoms with Crippen LogP contribution in [0.4, 0.5) is 0 Å². The first kappa shape index (κ1) is 14.6. The van der Waals surface area contributed by atoms with Gasteiger partial charge in [-0.25, -0.2) is 4.98 Å². The van der Waals surface area contributed by atoms with Gasteiger partial charge in [-0.05, 0) is 32.0 Å². The highest BCUT2D eigenvalue weighted by molar-refractivity contribution is 5.76. The Morgan fingerprint density at radius 2 is 1.73 bits per heavy atom. The summed E-state index contributed by atoms with van der Waals surface area (Å²) in [6, 6.07) is 15.6. The SMILES string of the molecule is COc1ccccc1[C@H](O)c1nc2ccccc2n1C(C)C. The van der Waals surface area contributed by atoms with Crippen molar-refractivity contribution in [2.75, 3.05) is 7.11 Å². The number of aliphatic hydroxyl groups excluding tert-OH is 1. The summed E-state index contributed by atoms with van der Waals surface area (Å²) in [6.07, 6.45) is -0.828. The van der Waals surface area contributed by atoms with Crippen molar-refractivity contribution in [3.8, 4) is 5.75 Å². The summed E-state index contributed by atoms with van der Waals surface area (Å²) < 4.78 is 7.44. The zero-order valence-electron chi connectivity index (χ0n) is 13.0. The number of aromatic nitrogens is 2. The van der Waals surface area contributed by atoms with Crippen LogP contribution in [0.15, 0.2) is 48.5 Å². The van der Waals surface area contributed by atoms with Crippen LogP contribution in [-0.2, 0) is 0 Å². The van der Waals surface area contributed by atoms with Gasteiger partial charge in [0, 0.05) is 11.6 Å². The number of imidazole rings is 1. The van der Waals surface area contributed by atoms with Crippen molar-refractivity contribution in [3.63, 3.8) is 0 Å². The highest BCUT2D eigenvalue weighted by Gasteiger charge is 2.23. The average Bonchev–Trinajstić information content (AvgIpc) is 2.93. The molecule has 0 unspecified atom stereocenters. The number of nitrogens with zero attached hydrogens (tertiary/aromatic N) is 2. The van der Waals surface area contributed by atoms with E-state index in [0.717, 1.165) is 16.6 Å². The van der Waals surface area contributed by atoms with Crippen molar-refractivity contribution in [2.24, 2.45) is 0 Å². The molecule has 0 bridgehead atoms. The van der Waals surface area contributed by atoms with Gasteiger partial charge in [-0.2, -0.15) is 0 Å². The number of benzene rings is 2. The predicted molar refractivity (Wildman–Crippen MR) is 87.2 cm³/mol. The Kier molecular flexibility index (Phi) is 3.86. The van der Waals surface area contributed by atoms with Gasteiger partial charge in [-0.3, -0.25) is 0 Å². The molecule has 22 heavy (non-hydrogen) atoms. The molecule has 1 atom stereocenters. The van der Waals surface area contributed by atoms with E-state index in [0.29, 0.717) is 11.6 Å². The van der Waals surface area contributed by atoms with Gasteiger partial charge in [0.1, 0.15) is 17.7 Å². The van der Waals surface area contributed by atoms with E-state index in [1.54, 1.807) is 7.11 Å². The molecule has 0 saturated carbocycles. The average molecular weight is 296 g/mol. The smallest absolute Gasteiger partial charge is 0.143 e. The van der Waals surface area contributed by atoms with Crippen molar-refractivity contribution in [1.82, 2.24) is 9.55 Å². The maximum absolute atomic E-state index is 10.9. The zero-order valence-corrected chi connectivity index (χ0v) is 13.0. The standard InChI is InChI=1S/C18H20N2O2/c1-12(2)20-15-10-6-5-9-14(15)19-18(20)17(21)13-8-4-7-11-16(13)22-3/h4-12,17,21H,1-3H3/t17-/m0/s1.